The Hall–Kier alpha value is -2.61. The molecule has 1 aromatic carbocycles. The monoisotopic (exact) mass is 272 g/mol. The van der Waals surface area contributed by atoms with Gasteiger partial charge in [-0.3, -0.25) is 4.79 Å². The lowest BCUT2D eigenvalue weighted by Crippen LogP contribution is -2.29. The minimum absolute atomic E-state index is 0.214. The predicted molar refractivity (Wildman–Crippen MR) is 75.4 cm³/mol. The minimum Gasteiger partial charge on any atom is -0.461 e. The Kier molecular flexibility index (Phi) is 6.55. The maximum atomic E-state index is 11.0. The molecule has 0 saturated carbocycles. The van der Waals surface area contributed by atoms with Crippen molar-refractivity contribution in [1.29, 1.82) is 5.26 Å². The number of esters is 1. The fourth-order valence-corrected chi connectivity index (χ4v) is 1.63. The van der Waals surface area contributed by atoms with Gasteiger partial charge in [0.15, 0.2) is 0 Å². The Morgan fingerprint density at radius 3 is 2.60 bits per heavy atom. The fourth-order valence-electron chi connectivity index (χ4n) is 1.63. The van der Waals surface area contributed by atoms with Gasteiger partial charge in [0.1, 0.15) is 12.9 Å². The molecule has 1 aromatic rings. The number of nitriles is 1. The maximum Gasteiger partial charge on any atom is 0.330 e. The zero-order chi connectivity index (χ0) is 14.8. The third kappa shape index (κ3) is 4.94. The van der Waals surface area contributed by atoms with Gasteiger partial charge in [0.25, 0.3) is 0 Å². The molecule has 0 aliphatic carbocycles. The quantitative estimate of drug-likeness (QED) is 0.411. The highest BCUT2D eigenvalue weighted by molar-refractivity contribution is 5.81. The van der Waals surface area contributed by atoms with Gasteiger partial charge in [0.2, 0.25) is 0 Å². The van der Waals surface area contributed by atoms with E-state index < -0.39 is 5.97 Å². The van der Waals surface area contributed by atoms with E-state index in [1.807, 2.05) is 4.90 Å². The lowest BCUT2D eigenvalue weighted by Gasteiger charge is -2.23. The summed E-state index contributed by atoms with van der Waals surface area (Å²) in [6.07, 6.45) is 2.25. The minimum atomic E-state index is -0.471. The number of carbonyl (C=O) groups excluding carboxylic acids is 2. The van der Waals surface area contributed by atoms with Gasteiger partial charge in [-0.25, -0.2) is 4.79 Å². The van der Waals surface area contributed by atoms with Gasteiger partial charge < -0.3 is 9.64 Å². The largest absolute Gasteiger partial charge is 0.461 e. The number of nitrogens with zero attached hydrogens (tertiary/aromatic N) is 2. The Balaban J connectivity index is 2.66. The Morgan fingerprint density at radius 2 is 2.05 bits per heavy atom. The van der Waals surface area contributed by atoms with Gasteiger partial charge in [-0.15, -0.1) is 0 Å². The Morgan fingerprint density at radius 1 is 1.35 bits per heavy atom. The van der Waals surface area contributed by atoms with Crippen LogP contribution in [0.1, 0.15) is 16.8 Å². The first-order valence-corrected chi connectivity index (χ1v) is 6.17. The van der Waals surface area contributed by atoms with E-state index in [1.165, 1.54) is 0 Å². The second-order valence-corrected chi connectivity index (χ2v) is 3.98. The average Bonchev–Trinajstić information content (AvgIpc) is 2.50. The lowest BCUT2D eigenvalue weighted by molar-refractivity contribution is -0.137. The summed E-state index contributed by atoms with van der Waals surface area (Å²) in [6, 6.07) is 9.09. The van der Waals surface area contributed by atoms with Crippen molar-refractivity contribution in [3.8, 4) is 6.07 Å². The van der Waals surface area contributed by atoms with E-state index in [-0.39, 0.29) is 6.61 Å². The van der Waals surface area contributed by atoms with E-state index in [9.17, 15) is 9.59 Å². The van der Waals surface area contributed by atoms with Crippen LogP contribution in [0.25, 0.3) is 0 Å². The Bertz CT molecular complexity index is 503. The second kappa shape index (κ2) is 8.48. The smallest absolute Gasteiger partial charge is 0.330 e. The fraction of sp³-hybridized carbons (Fsp3) is 0.267. The van der Waals surface area contributed by atoms with Crippen LogP contribution in [-0.2, 0) is 9.53 Å². The number of benzene rings is 1. The highest BCUT2D eigenvalue weighted by Crippen LogP contribution is 2.15. The van der Waals surface area contributed by atoms with Crippen molar-refractivity contribution in [2.24, 2.45) is 0 Å². The van der Waals surface area contributed by atoms with E-state index in [1.54, 1.807) is 24.3 Å². The summed E-state index contributed by atoms with van der Waals surface area (Å²) in [6.45, 7) is 4.54. The molecule has 5 nitrogen and oxygen atoms in total. The van der Waals surface area contributed by atoms with Crippen LogP contribution in [0.5, 0.6) is 0 Å². The van der Waals surface area contributed by atoms with Crippen molar-refractivity contribution < 1.29 is 14.3 Å². The highest BCUT2D eigenvalue weighted by atomic mass is 16.5. The standard InChI is InChI=1S/C15H16N2O3/c1-2-15(19)20-11-10-17(9-3-8-16)14-6-4-13(12-18)5-7-14/h2,4-7,12H,1,3,9-11H2. The van der Waals surface area contributed by atoms with Crippen LogP contribution < -0.4 is 4.90 Å². The molecular formula is C15H16N2O3. The normalized spacial score (nSPS) is 9.35. The molecule has 0 aliphatic rings. The number of rotatable bonds is 8. The summed E-state index contributed by atoms with van der Waals surface area (Å²) in [5, 5.41) is 8.67. The number of ether oxygens (including phenoxy) is 1. The molecule has 0 heterocycles. The summed E-state index contributed by atoms with van der Waals surface area (Å²) in [4.78, 5) is 23.5. The van der Waals surface area contributed by atoms with E-state index in [4.69, 9.17) is 10.00 Å². The van der Waals surface area contributed by atoms with E-state index >= 15 is 0 Å². The first-order chi connectivity index (χ1) is 9.71. The predicted octanol–water partition coefficient (Wildman–Crippen LogP) is 1.95. The summed E-state index contributed by atoms with van der Waals surface area (Å²) in [5.41, 5.74) is 1.47. The second-order valence-electron chi connectivity index (χ2n) is 3.98. The van der Waals surface area contributed by atoms with E-state index in [0.717, 1.165) is 18.0 Å². The SMILES string of the molecule is C=CC(=O)OCCN(CCC#N)c1ccc(C=O)cc1. The van der Waals surface area contributed by atoms with Crippen LogP contribution in [0, 0.1) is 11.3 Å². The first-order valence-electron chi connectivity index (χ1n) is 6.17. The number of carbonyl (C=O) groups is 2. The number of hydrogen-bond donors (Lipinski definition) is 0. The number of aldehydes is 1. The molecule has 0 amide bonds. The van der Waals surface area contributed by atoms with Gasteiger partial charge in [0.05, 0.1) is 19.0 Å². The molecular weight excluding hydrogens is 256 g/mol. The van der Waals surface area contributed by atoms with Crippen LogP contribution in [0.3, 0.4) is 0 Å². The summed E-state index contributed by atoms with van der Waals surface area (Å²) in [5.74, 6) is -0.471. The van der Waals surface area contributed by atoms with E-state index in [2.05, 4.69) is 12.6 Å². The molecule has 104 valence electrons. The summed E-state index contributed by atoms with van der Waals surface area (Å²) < 4.78 is 4.93. The third-order valence-electron chi connectivity index (χ3n) is 2.66. The van der Waals surface area contributed by atoms with Crippen LogP contribution in [0.4, 0.5) is 5.69 Å². The summed E-state index contributed by atoms with van der Waals surface area (Å²) in [7, 11) is 0. The van der Waals surface area contributed by atoms with Gasteiger partial charge in [-0.1, -0.05) is 6.58 Å². The molecule has 1 rings (SSSR count). The average molecular weight is 272 g/mol. The molecule has 20 heavy (non-hydrogen) atoms. The summed E-state index contributed by atoms with van der Waals surface area (Å²) >= 11 is 0. The van der Waals surface area contributed by atoms with Crippen LogP contribution in [0.2, 0.25) is 0 Å². The molecule has 0 aliphatic heterocycles. The van der Waals surface area contributed by atoms with Gasteiger partial charge >= 0.3 is 5.97 Å². The molecule has 0 fully saturated rings. The van der Waals surface area contributed by atoms with Crippen molar-refractivity contribution in [2.75, 3.05) is 24.6 Å². The molecule has 0 saturated heterocycles. The molecule has 0 aromatic heterocycles. The molecule has 5 heteroatoms. The molecule has 0 atom stereocenters. The first kappa shape index (κ1) is 15.4. The van der Waals surface area contributed by atoms with E-state index in [0.29, 0.717) is 25.1 Å². The topological polar surface area (TPSA) is 70.4 Å². The molecule has 0 N–H and O–H groups in total. The van der Waals surface area contributed by atoms with Crippen molar-refractivity contribution in [1.82, 2.24) is 0 Å². The molecule has 0 spiro atoms. The molecule has 0 bridgehead atoms. The van der Waals surface area contributed by atoms with Crippen molar-refractivity contribution in [2.45, 2.75) is 6.42 Å². The van der Waals surface area contributed by atoms with Crippen molar-refractivity contribution in [3.63, 3.8) is 0 Å². The van der Waals surface area contributed by atoms with Crippen LogP contribution in [0.15, 0.2) is 36.9 Å². The highest BCUT2D eigenvalue weighted by Gasteiger charge is 2.07. The van der Waals surface area contributed by atoms with Crippen LogP contribution in [-0.4, -0.2) is 32.0 Å². The maximum absolute atomic E-state index is 11.0. The van der Waals surface area contributed by atoms with Gasteiger partial charge in [-0.2, -0.15) is 5.26 Å². The lowest BCUT2D eigenvalue weighted by atomic mass is 10.2. The van der Waals surface area contributed by atoms with Gasteiger partial charge in [0, 0.05) is 23.9 Å². The van der Waals surface area contributed by atoms with Crippen LogP contribution >= 0.6 is 0 Å². The van der Waals surface area contributed by atoms with Crippen molar-refractivity contribution >= 4 is 17.9 Å². The third-order valence-corrected chi connectivity index (χ3v) is 2.66. The number of hydrogen-bond acceptors (Lipinski definition) is 5. The zero-order valence-corrected chi connectivity index (χ0v) is 11.1. The Labute approximate surface area is 118 Å². The molecule has 0 unspecified atom stereocenters. The zero-order valence-electron chi connectivity index (χ0n) is 11.1. The molecule has 0 radical (unpaired) electrons. The van der Waals surface area contributed by atoms with Gasteiger partial charge in [-0.05, 0) is 24.3 Å². The van der Waals surface area contributed by atoms with Crippen molar-refractivity contribution in [3.05, 3.63) is 42.5 Å². The number of anilines is 1.